The molecular formula is C7H18Cl2NSn. The molecule has 0 aromatic carbocycles. The molecular weight excluding hydrogens is 288 g/mol. The Hall–Kier alpha value is 1.34. The number of unbranched alkanes of at least 4 members (excludes halogenated alkanes) is 2. The molecule has 0 rings (SSSR count). The first-order valence-corrected chi connectivity index (χ1v) is 5.33. The summed E-state index contributed by atoms with van der Waals surface area (Å²) in [6.07, 6.45) is 5.32. The fraction of sp³-hybridized carbons (Fsp3) is 1.00. The quantitative estimate of drug-likeness (QED) is 0.612. The van der Waals surface area contributed by atoms with Crippen molar-refractivity contribution >= 4 is 47.3 Å². The molecule has 0 fully saturated rings. The van der Waals surface area contributed by atoms with E-state index in [0.717, 1.165) is 10.5 Å². The Morgan fingerprint density at radius 3 is 2.09 bits per heavy atom. The first-order chi connectivity index (χ1) is 4.27. The number of rotatable bonds is 5. The van der Waals surface area contributed by atoms with Crippen LogP contribution in [0.4, 0.5) is 0 Å². The van der Waals surface area contributed by atoms with Crippen molar-refractivity contribution < 1.29 is 0 Å². The molecule has 0 aromatic rings. The minimum Gasteiger partial charge on any atom is -0.147 e. The summed E-state index contributed by atoms with van der Waals surface area (Å²) in [6.45, 7) is 3.17. The van der Waals surface area contributed by atoms with Gasteiger partial charge in [-0.1, -0.05) is 0 Å². The first kappa shape index (κ1) is 18.2. The van der Waals surface area contributed by atoms with Gasteiger partial charge in [0, 0.05) is 0 Å². The molecule has 4 heteroatoms. The van der Waals surface area contributed by atoms with Crippen LogP contribution in [0.1, 0.15) is 32.6 Å². The zero-order chi connectivity index (χ0) is 7.11. The van der Waals surface area contributed by atoms with Crippen LogP contribution >= 0.6 is 24.8 Å². The second kappa shape index (κ2) is 13.9. The SMILES string of the molecule is C[CH]([Sn])CCCCCN.Cl.Cl. The molecule has 0 spiro atoms. The summed E-state index contributed by atoms with van der Waals surface area (Å²) in [6, 6.07) is 0. The van der Waals surface area contributed by atoms with Crippen LogP contribution in [0, 0.1) is 0 Å². The number of hydrogen-bond donors (Lipinski definition) is 1. The van der Waals surface area contributed by atoms with Crippen molar-refractivity contribution in [3.63, 3.8) is 0 Å². The molecule has 0 bridgehead atoms. The van der Waals surface area contributed by atoms with Gasteiger partial charge in [0.05, 0.1) is 0 Å². The maximum absolute atomic E-state index is 5.35. The Morgan fingerprint density at radius 2 is 1.73 bits per heavy atom. The third kappa shape index (κ3) is 18.4. The minimum atomic E-state index is 0. The van der Waals surface area contributed by atoms with Crippen LogP contribution in [0.15, 0.2) is 0 Å². The molecule has 0 heterocycles. The average molecular weight is 306 g/mol. The van der Waals surface area contributed by atoms with Crippen molar-refractivity contribution in [2.24, 2.45) is 5.73 Å². The third-order valence-corrected chi connectivity index (χ3v) is 2.17. The van der Waals surface area contributed by atoms with Crippen molar-refractivity contribution in [2.75, 3.05) is 6.54 Å². The number of hydrogen-bond acceptors (Lipinski definition) is 1. The molecule has 0 aromatic heterocycles. The Kier molecular flexibility index (Phi) is 23.0. The molecule has 69 valence electrons. The average Bonchev–Trinajstić information content (AvgIpc) is 1.80. The van der Waals surface area contributed by atoms with Gasteiger partial charge in [0.15, 0.2) is 0 Å². The summed E-state index contributed by atoms with van der Waals surface area (Å²) in [5, 5.41) is 0. The molecule has 2 N–H and O–H groups in total. The molecule has 3 radical (unpaired) electrons. The predicted molar refractivity (Wildman–Crippen MR) is 57.2 cm³/mol. The van der Waals surface area contributed by atoms with Gasteiger partial charge in [0.25, 0.3) is 0 Å². The van der Waals surface area contributed by atoms with Crippen LogP contribution in [-0.4, -0.2) is 29.1 Å². The van der Waals surface area contributed by atoms with E-state index in [4.69, 9.17) is 5.73 Å². The Labute approximate surface area is 95.8 Å². The van der Waals surface area contributed by atoms with Gasteiger partial charge in [-0.3, -0.25) is 0 Å². The van der Waals surface area contributed by atoms with Gasteiger partial charge in [0.1, 0.15) is 0 Å². The van der Waals surface area contributed by atoms with Crippen LogP contribution in [0.3, 0.4) is 0 Å². The summed E-state index contributed by atoms with van der Waals surface area (Å²) < 4.78 is 0.954. The van der Waals surface area contributed by atoms with Crippen molar-refractivity contribution in [2.45, 2.75) is 36.5 Å². The maximum Gasteiger partial charge on any atom is -0.147 e. The molecule has 11 heavy (non-hydrogen) atoms. The normalized spacial score (nSPS) is 11.2. The fourth-order valence-corrected chi connectivity index (χ4v) is 1.35. The molecule has 0 saturated heterocycles. The summed E-state index contributed by atoms with van der Waals surface area (Å²) in [7, 11) is 0. The Balaban J connectivity index is -0.000000320. The van der Waals surface area contributed by atoms with Crippen LogP contribution < -0.4 is 5.73 Å². The van der Waals surface area contributed by atoms with Gasteiger partial charge in [0.2, 0.25) is 0 Å². The Morgan fingerprint density at radius 1 is 1.18 bits per heavy atom. The number of halogens is 2. The van der Waals surface area contributed by atoms with Crippen LogP contribution in [0.5, 0.6) is 0 Å². The van der Waals surface area contributed by atoms with Gasteiger partial charge in [-0.15, -0.1) is 24.8 Å². The summed E-state index contributed by atoms with van der Waals surface area (Å²) in [5.41, 5.74) is 5.35. The zero-order valence-electron chi connectivity index (χ0n) is 7.01. The second-order valence-corrected chi connectivity index (χ2v) is 5.35. The van der Waals surface area contributed by atoms with Crippen LogP contribution in [0.2, 0.25) is 3.93 Å². The van der Waals surface area contributed by atoms with Crippen molar-refractivity contribution in [1.29, 1.82) is 0 Å². The van der Waals surface area contributed by atoms with E-state index in [-0.39, 0.29) is 24.8 Å². The van der Waals surface area contributed by atoms with Crippen molar-refractivity contribution in [3.05, 3.63) is 0 Å². The monoisotopic (exact) mass is 306 g/mol. The molecule has 1 unspecified atom stereocenters. The molecule has 1 nitrogen and oxygen atoms in total. The summed E-state index contributed by atoms with van der Waals surface area (Å²) in [4.78, 5) is 0. The van der Waals surface area contributed by atoms with E-state index in [0.29, 0.717) is 0 Å². The maximum atomic E-state index is 5.35. The zero-order valence-corrected chi connectivity index (χ0v) is 11.5. The minimum absolute atomic E-state index is 0. The standard InChI is InChI=1S/C7H16N.2ClH.Sn/c1-2-3-4-5-6-7-8;;;/h2H,3-8H2,1H3;2*1H;. The predicted octanol–water partition coefficient (Wildman–Crippen LogP) is 2.33. The van der Waals surface area contributed by atoms with E-state index in [1.54, 1.807) is 22.5 Å². The smallest absolute Gasteiger partial charge is 0.147 e. The largest absolute Gasteiger partial charge is 0.147 e. The molecule has 0 aliphatic rings. The molecule has 1 atom stereocenters. The van der Waals surface area contributed by atoms with Gasteiger partial charge in [-0.25, -0.2) is 0 Å². The first-order valence-electron chi connectivity index (χ1n) is 3.68. The van der Waals surface area contributed by atoms with E-state index in [1.165, 1.54) is 25.7 Å². The number of nitrogens with two attached hydrogens (primary N) is 1. The second-order valence-electron chi connectivity index (χ2n) is 2.54. The topological polar surface area (TPSA) is 26.0 Å². The van der Waals surface area contributed by atoms with Gasteiger partial charge in [-0.2, -0.15) is 0 Å². The Bertz CT molecular complexity index is 62.4. The van der Waals surface area contributed by atoms with E-state index in [1.807, 2.05) is 0 Å². The fourth-order valence-electron chi connectivity index (χ4n) is 0.772. The molecule has 0 saturated carbocycles. The molecule has 0 amide bonds. The summed E-state index contributed by atoms with van der Waals surface area (Å²) in [5.74, 6) is 0. The van der Waals surface area contributed by atoms with Crippen LogP contribution in [-0.2, 0) is 0 Å². The van der Waals surface area contributed by atoms with E-state index >= 15 is 0 Å². The van der Waals surface area contributed by atoms with Crippen molar-refractivity contribution in [1.82, 2.24) is 0 Å². The van der Waals surface area contributed by atoms with E-state index in [2.05, 4.69) is 6.92 Å². The van der Waals surface area contributed by atoms with Gasteiger partial charge in [-0.05, 0) is 0 Å². The summed E-state index contributed by atoms with van der Waals surface area (Å²) >= 11 is 1.68. The van der Waals surface area contributed by atoms with E-state index < -0.39 is 0 Å². The van der Waals surface area contributed by atoms with Crippen molar-refractivity contribution in [3.8, 4) is 0 Å². The van der Waals surface area contributed by atoms with E-state index in [9.17, 15) is 0 Å². The van der Waals surface area contributed by atoms with Gasteiger partial charge < -0.3 is 0 Å². The third-order valence-electron chi connectivity index (χ3n) is 1.34. The molecule has 0 aliphatic heterocycles. The van der Waals surface area contributed by atoms with Gasteiger partial charge >= 0.3 is 71.3 Å². The molecule has 0 aliphatic carbocycles. The van der Waals surface area contributed by atoms with Crippen LogP contribution in [0.25, 0.3) is 0 Å².